The number of hydrogen-bond acceptors (Lipinski definition) is 7. The zero-order valence-corrected chi connectivity index (χ0v) is 21.5. The highest BCUT2D eigenvalue weighted by Gasteiger charge is 2.25. The second-order valence-corrected chi connectivity index (χ2v) is 9.60. The maximum atomic E-state index is 12.2. The van der Waals surface area contributed by atoms with Gasteiger partial charge in [0.1, 0.15) is 5.52 Å². The van der Waals surface area contributed by atoms with Crippen LogP contribution in [0.2, 0.25) is 5.02 Å². The van der Waals surface area contributed by atoms with Crippen molar-refractivity contribution in [2.45, 2.75) is 12.5 Å². The molecule has 9 heteroatoms. The quantitative estimate of drug-likeness (QED) is 0.322. The van der Waals surface area contributed by atoms with Crippen molar-refractivity contribution in [1.29, 1.82) is 0 Å². The minimum Gasteiger partial charge on any atom is -0.369 e. The van der Waals surface area contributed by atoms with Crippen LogP contribution in [-0.2, 0) is 4.79 Å². The highest BCUT2D eigenvalue weighted by molar-refractivity contribution is 6.30. The van der Waals surface area contributed by atoms with Crippen LogP contribution < -0.4 is 15.5 Å². The molecule has 4 aromatic rings. The lowest BCUT2D eigenvalue weighted by atomic mass is 10.1. The lowest BCUT2D eigenvalue weighted by Gasteiger charge is -2.29. The van der Waals surface area contributed by atoms with Gasteiger partial charge in [-0.2, -0.15) is 0 Å². The molecule has 1 aliphatic heterocycles. The summed E-state index contributed by atoms with van der Waals surface area (Å²) in [6.07, 6.45) is 5.83. The summed E-state index contributed by atoms with van der Waals surface area (Å²) in [6.45, 7) is 5.62. The van der Waals surface area contributed by atoms with E-state index in [1.165, 1.54) is 6.08 Å². The standard InChI is InChI=1S/C28H28ClN7O/c1-4-25(37)33-23-15-21(8-9-24(23)36(3)22-11-13-35(2)17-22)32-28-31-16-19-10-12-30-26(27(19)34-28)18-6-5-7-20(29)14-18/h4-10,12,14-16,22H,1,11,13,17H2,2-3H3,(H,33,37)(H,31,32,34). The zero-order valence-electron chi connectivity index (χ0n) is 20.8. The van der Waals surface area contributed by atoms with Crippen molar-refractivity contribution in [1.82, 2.24) is 19.9 Å². The number of nitrogens with one attached hydrogen (secondary N) is 2. The summed E-state index contributed by atoms with van der Waals surface area (Å²) in [5.41, 5.74) is 4.68. The van der Waals surface area contributed by atoms with E-state index >= 15 is 0 Å². The molecule has 8 nitrogen and oxygen atoms in total. The minimum atomic E-state index is -0.269. The molecule has 2 aromatic carbocycles. The van der Waals surface area contributed by atoms with Crippen molar-refractivity contribution in [2.75, 3.05) is 42.7 Å². The van der Waals surface area contributed by atoms with Crippen molar-refractivity contribution in [3.05, 3.63) is 78.6 Å². The number of carbonyl (C=O) groups excluding carboxylic acids is 1. The number of halogens is 1. The van der Waals surface area contributed by atoms with Crippen molar-refractivity contribution >= 4 is 51.4 Å². The molecule has 0 bridgehead atoms. The van der Waals surface area contributed by atoms with E-state index < -0.39 is 0 Å². The van der Waals surface area contributed by atoms with Crippen molar-refractivity contribution in [3.63, 3.8) is 0 Å². The molecule has 0 radical (unpaired) electrons. The van der Waals surface area contributed by atoms with Crippen LogP contribution in [0, 0.1) is 0 Å². The van der Waals surface area contributed by atoms with Gasteiger partial charge in [-0.15, -0.1) is 0 Å². The number of hydrogen-bond donors (Lipinski definition) is 2. The van der Waals surface area contributed by atoms with E-state index in [2.05, 4.69) is 51.1 Å². The number of likely N-dealkylation sites (tertiary alicyclic amines) is 1. The van der Waals surface area contributed by atoms with Crippen molar-refractivity contribution in [3.8, 4) is 11.3 Å². The Morgan fingerprint density at radius 1 is 1.22 bits per heavy atom. The van der Waals surface area contributed by atoms with Crippen LogP contribution in [0.4, 0.5) is 23.0 Å². The van der Waals surface area contributed by atoms with Gasteiger partial charge in [0.25, 0.3) is 0 Å². The summed E-state index contributed by atoms with van der Waals surface area (Å²) in [7, 11) is 4.19. The fourth-order valence-corrected chi connectivity index (χ4v) is 4.81. The maximum Gasteiger partial charge on any atom is 0.247 e. The smallest absolute Gasteiger partial charge is 0.247 e. The number of aromatic nitrogens is 3. The molecule has 188 valence electrons. The Hall–Kier alpha value is -4.01. The van der Waals surface area contributed by atoms with Crippen LogP contribution in [0.3, 0.4) is 0 Å². The van der Waals surface area contributed by atoms with Crippen LogP contribution in [0.25, 0.3) is 22.2 Å². The topological polar surface area (TPSA) is 86.3 Å². The van der Waals surface area contributed by atoms with Gasteiger partial charge in [-0.05, 0) is 62.5 Å². The van der Waals surface area contributed by atoms with Gasteiger partial charge in [0, 0.05) is 53.7 Å². The number of nitrogens with zero attached hydrogens (tertiary/aromatic N) is 5. The van der Waals surface area contributed by atoms with Crippen LogP contribution in [0.15, 0.2) is 73.6 Å². The van der Waals surface area contributed by atoms with Gasteiger partial charge >= 0.3 is 0 Å². The van der Waals surface area contributed by atoms with E-state index in [9.17, 15) is 4.79 Å². The molecule has 1 saturated heterocycles. The molecule has 1 amide bonds. The molecule has 5 rings (SSSR count). The fraction of sp³-hybridized carbons (Fsp3) is 0.214. The Bertz CT molecular complexity index is 1470. The number of carbonyl (C=O) groups is 1. The second-order valence-electron chi connectivity index (χ2n) is 9.17. The number of likely N-dealkylation sites (N-methyl/N-ethyl adjacent to an activating group) is 2. The van der Waals surface area contributed by atoms with Gasteiger partial charge in [0.15, 0.2) is 0 Å². The highest BCUT2D eigenvalue weighted by Crippen LogP contribution is 2.33. The van der Waals surface area contributed by atoms with Crippen LogP contribution in [-0.4, -0.2) is 59.0 Å². The molecule has 1 fully saturated rings. The Labute approximate surface area is 221 Å². The molecule has 3 heterocycles. The molecular formula is C28H28ClN7O. The molecule has 2 aromatic heterocycles. The van der Waals surface area contributed by atoms with E-state index in [1.807, 2.05) is 48.5 Å². The van der Waals surface area contributed by atoms with Crippen LogP contribution in [0.5, 0.6) is 0 Å². The Kier molecular flexibility index (Phi) is 7.03. The average Bonchev–Trinajstić information content (AvgIpc) is 3.34. The monoisotopic (exact) mass is 513 g/mol. The molecule has 1 unspecified atom stereocenters. The SMILES string of the molecule is C=CC(=O)Nc1cc(Nc2ncc3ccnc(-c4cccc(Cl)c4)c3n2)ccc1N(C)C1CCN(C)C1. The zero-order chi connectivity index (χ0) is 25.9. The first-order valence-corrected chi connectivity index (χ1v) is 12.4. The number of benzene rings is 2. The number of amides is 1. The maximum absolute atomic E-state index is 12.2. The summed E-state index contributed by atoms with van der Waals surface area (Å²) >= 11 is 6.21. The van der Waals surface area contributed by atoms with E-state index in [0.717, 1.165) is 47.5 Å². The molecule has 1 aliphatic rings. The second kappa shape index (κ2) is 10.5. The molecule has 1 atom stereocenters. The van der Waals surface area contributed by atoms with Gasteiger partial charge in [-0.1, -0.05) is 30.3 Å². The molecule has 0 spiro atoms. The first kappa shape index (κ1) is 24.7. The third-order valence-electron chi connectivity index (χ3n) is 6.59. The summed E-state index contributed by atoms with van der Waals surface area (Å²) < 4.78 is 0. The predicted octanol–water partition coefficient (Wildman–Crippen LogP) is 5.35. The highest BCUT2D eigenvalue weighted by atomic mass is 35.5. The number of anilines is 4. The molecule has 0 aliphatic carbocycles. The summed E-state index contributed by atoms with van der Waals surface area (Å²) in [5.74, 6) is 0.151. The number of rotatable bonds is 7. The number of pyridine rings is 1. The van der Waals surface area contributed by atoms with Crippen molar-refractivity contribution in [2.24, 2.45) is 0 Å². The minimum absolute atomic E-state index is 0.269. The Morgan fingerprint density at radius 2 is 2.08 bits per heavy atom. The van der Waals surface area contributed by atoms with E-state index in [0.29, 0.717) is 28.2 Å². The summed E-state index contributed by atoms with van der Waals surface area (Å²) in [6, 6.07) is 15.6. The Morgan fingerprint density at radius 3 is 2.84 bits per heavy atom. The first-order chi connectivity index (χ1) is 17.9. The van der Waals surface area contributed by atoms with E-state index in [1.54, 1.807) is 12.4 Å². The van der Waals surface area contributed by atoms with Gasteiger partial charge in [0.2, 0.25) is 11.9 Å². The average molecular weight is 514 g/mol. The molecule has 37 heavy (non-hydrogen) atoms. The van der Waals surface area contributed by atoms with Crippen LogP contribution in [0.1, 0.15) is 6.42 Å². The third-order valence-corrected chi connectivity index (χ3v) is 6.82. The lowest BCUT2D eigenvalue weighted by Crippen LogP contribution is -2.34. The molecule has 2 N–H and O–H groups in total. The predicted molar refractivity (Wildman–Crippen MR) is 151 cm³/mol. The molecule has 0 saturated carbocycles. The fourth-order valence-electron chi connectivity index (χ4n) is 4.62. The summed E-state index contributed by atoms with van der Waals surface area (Å²) in [5, 5.41) is 7.73. The van der Waals surface area contributed by atoms with E-state index in [4.69, 9.17) is 16.6 Å². The van der Waals surface area contributed by atoms with Gasteiger partial charge < -0.3 is 20.4 Å². The van der Waals surface area contributed by atoms with Gasteiger partial charge in [-0.25, -0.2) is 9.97 Å². The summed E-state index contributed by atoms with van der Waals surface area (Å²) in [4.78, 5) is 30.6. The third kappa shape index (κ3) is 5.40. The normalized spacial score (nSPS) is 15.5. The Balaban J connectivity index is 1.48. The van der Waals surface area contributed by atoms with Gasteiger partial charge in [-0.3, -0.25) is 9.78 Å². The first-order valence-electron chi connectivity index (χ1n) is 12.0. The van der Waals surface area contributed by atoms with E-state index in [-0.39, 0.29) is 5.91 Å². The van der Waals surface area contributed by atoms with Gasteiger partial charge in [0.05, 0.1) is 17.1 Å². The number of fused-ring (bicyclic) bond motifs is 1. The van der Waals surface area contributed by atoms with Crippen molar-refractivity contribution < 1.29 is 4.79 Å². The van der Waals surface area contributed by atoms with Crippen LogP contribution >= 0.6 is 11.6 Å². The lowest BCUT2D eigenvalue weighted by molar-refractivity contribution is -0.111. The molecular weight excluding hydrogens is 486 g/mol. The largest absolute Gasteiger partial charge is 0.369 e.